The minimum Gasteiger partial charge on any atom is -0.493 e. The molecule has 2 aromatic heterocycles. The molecule has 1 atom stereocenters. The van der Waals surface area contributed by atoms with Gasteiger partial charge in [0, 0.05) is 23.5 Å². The summed E-state index contributed by atoms with van der Waals surface area (Å²) in [5.41, 5.74) is 4.01. The van der Waals surface area contributed by atoms with E-state index in [-0.39, 0.29) is 24.2 Å². The molecule has 1 amide bonds. The highest BCUT2D eigenvalue weighted by Crippen LogP contribution is 2.45. The van der Waals surface area contributed by atoms with Gasteiger partial charge in [-0.2, -0.15) is 14.9 Å². The average molecular weight is 473 g/mol. The molecular formula is C25H24N6O4. The van der Waals surface area contributed by atoms with Crippen LogP contribution in [-0.4, -0.2) is 52.2 Å². The van der Waals surface area contributed by atoms with Gasteiger partial charge >= 0.3 is 0 Å². The van der Waals surface area contributed by atoms with Crippen molar-refractivity contribution in [2.24, 2.45) is 0 Å². The molecule has 5 rings (SSSR count). The van der Waals surface area contributed by atoms with Gasteiger partial charge in [-0.3, -0.25) is 4.79 Å². The Morgan fingerprint density at radius 1 is 1.03 bits per heavy atom. The zero-order valence-corrected chi connectivity index (χ0v) is 19.8. The number of anilines is 1. The maximum Gasteiger partial charge on any atom is 0.272 e. The lowest BCUT2D eigenvalue weighted by molar-refractivity contribution is -0.116. The third-order valence-electron chi connectivity index (χ3n) is 6.00. The molecule has 0 spiro atoms. The first-order valence-corrected chi connectivity index (χ1v) is 11.0. The molecule has 178 valence electrons. The first-order valence-electron chi connectivity index (χ1n) is 11.0. The van der Waals surface area contributed by atoms with Gasteiger partial charge in [0.15, 0.2) is 11.5 Å². The van der Waals surface area contributed by atoms with Gasteiger partial charge in [0.1, 0.15) is 5.82 Å². The van der Waals surface area contributed by atoms with Crippen LogP contribution < -0.4 is 19.5 Å². The maximum atomic E-state index is 12.8. The number of methoxy groups -OCH3 is 3. The number of hydrogen-bond donors (Lipinski definition) is 1. The topological polar surface area (TPSA) is 113 Å². The molecule has 1 N–H and O–H groups in total. The SMILES string of the molecule is COc1cc([C@@H]2CC(=O)Nc3c2c(C)nn3-c2nncc(-c3ccccc3)n2)cc(OC)c1OC. The molecule has 2 aromatic carbocycles. The highest BCUT2D eigenvalue weighted by molar-refractivity contribution is 5.95. The molecule has 0 bridgehead atoms. The number of carbonyl (C=O) groups is 1. The normalized spacial score (nSPS) is 14.7. The number of carbonyl (C=O) groups excluding carboxylic acids is 1. The van der Waals surface area contributed by atoms with Crippen LogP contribution in [0.4, 0.5) is 5.82 Å². The molecule has 0 unspecified atom stereocenters. The van der Waals surface area contributed by atoms with Gasteiger partial charge in [-0.1, -0.05) is 30.3 Å². The highest BCUT2D eigenvalue weighted by Gasteiger charge is 2.34. The summed E-state index contributed by atoms with van der Waals surface area (Å²) < 4.78 is 18.0. The Balaban J connectivity index is 1.63. The van der Waals surface area contributed by atoms with Crippen LogP contribution in [0.3, 0.4) is 0 Å². The second-order valence-corrected chi connectivity index (χ2v) is 8.03. The second-order valence-electron chi connectivity index (χ2n) is 8.03. The van der Waals surface area contributed by atoms with E-state index in [0.717, 1.165) is 22.4 Å². The zero-order chi connectivity index (χ0) is 24.5. The quantitative estimate of drug-likeness (QED) is 0.453. The van der Waals surface area contributed by atoms with Crippen molar-refractivity contribution < 1.29 is 19.0 Å². The predicted octanol–water partition coefficient (Wildman–Crippen LogP) is 3.53. The number of nitrogens with zero attached hydrogens (tertiary/aromatic N) is 5. The van der Waals surface area contributed by atoms with Crippen LogP contribution >= 0.6 is 0 Å². The lowest BCUT2D eigenvalue weighted by atomic mass is 9.85. The predicted molar refractivity (Wildman–Crippen MR) is 128 cm³/mol. The summed E-state index contributed by atoms with van der Waals surface area (Å²) in [6.45, 7) is 1.90. The summed E-state index contributed by atoms with van der Waals surface area (Å²) in [5.74, 6) is 1.87. The van der Waals surface area contributed by atoms with Crippen LogP contribution in [-0.2, 0) is 4.79 Å². The molecule has 4 aromatic rings. The van der Waals surface area contributed by atoms with Crippen molar-refractivity contribution >= 4 is 11.7 Å². The molecule has 1 aliphatic rings. The first kappa shape index (κ1) is 22.3. The van der Waals surface area contributed by atoms with Crippen LogP contribution in [0, 0.1) is 6.92 Å². The fourth-order valence-corrected chi connectivity index (χ4v) is 4.41. The number of amides is 1. The summed E-state index contributed by atoms with van der Waals surface area (Å²) in [5, 5.41) is 15.9. The maximum absolute atomic E-state index is 12.8. The number of fused-ring (bicyclic) bond motifs is 1. The smallest absolute Gasteiger partial charge is 0.272 e. The van der Waals surface area contributed by atoms with E-state index in [1.54, 1.807) is 27.5 Å². The first-order chi connectivity index (χ1) is 17.0. The minimum atomic E-state index is -0.286. The number of rotatable bonds is 6. The van der Waals surface area contributed by atoms with Crippen molar-refractivity contribution in [1.82, 2.24) is 25.0 Å². The van der Waals surface area contributed by atoms with Gasteiger partial charge in [-0.05, 0) is 24.6 Å². The number of benzene rings is 2. The Morgan fingerprint density at radius 3 is 2.40 bits per heavy atom. The van der Waals surface area contributed by atoms with Crippen LogP contribution in [0.15, 0.2) is 48.7 Å². The Kier molecular flexibility index (Phi) is 5.77. The summed E-state index contributed by atoms with van der Waals surface area (Å²) in [4.78, 5) is 17.5. The van der Waals surface area contributed by atoms with Crippen molar-refractivity contribution in [2.45, 2.75) is 19.3 Å². The monoisotopic (exact) mass is 472 g/mol. The number of ether oxygens (including phenoxy) is 3. The van der Waals surface area contributed by atoms with E-state index >= 15 is 0 Å². The van der Waals surface area contributed by atoms with Gasteiger partial charge in [0.2, 0.25) is 11.7 Å². The summed E-state index contributed by atoms with van der Waals surface area (Å²) >= 11 is 0. The molecule has 1 aliphatic heterocycles. The van der Waals surface area contributed by atoms with Gasteiger partial charge in [-0.25, -0.2) is 4.98 Å². The van der Waals surface area contributed by atoms with Crippen molar-refractivity contribution in [3.05, 3.63) is 65.5 Å². The third-order valence-corrected chi connectivity index (χ3v) is 6.00. The van der Waals surface area contributed by atoms with E-state index in [9.17, 15) is 4.79 Å². The number of hydrogen-bond acceptors (Lipinski definition) is 8. The average Bonchev–Trinajstić information content (AvgIpc) is 3.23. The molecule has 10 heteroatoms. The molecule has 10 nitrogen and oxygen atoms in total. The fourth-order valence-electron chi connectivity index (χ4n) is 4.41. The second kappa shape index (κ2) is 9.05. The van der Waals surface area contributed by atoms with E-state index in [0.29, 0.717) is 28.8 Å². The number of aromatic nitrogens is 5. The Bertz CT molecular complexity index is 1380. The lowest BCUT2D eigenvalue weighted by Crippen LogP contribution is -2.25. The van der Waals surface area contributed by atoms with Crippen molar-refractivity contribution in [3.8, 4) is 34.5 Å². The fraction of sp³-hybridized carbons (Fsp3) is 0.240. The van der Waals surface area contributed by atoms with Gasteiger partial charge in [0.25, 0.3) is 5.95 Å². The summed E-state index contributed by atoms with van der Waals surface area (Å²) in [6.07, 6.45) is 1.83. The molecule has 0 fully saturated rings. The molecule has 3 heterocycles. The molecule has 0 radical (unpaired) electrons. The Morgan fingerprint density at radius 2 is 1.74 bits per heavy atom. The molecule has 0 aliphatic carbocycles. The van der Waals surface area contributed by atoms with E-state index in [2.05, 4.69) is 25.6 Å². The van der Waals surface area contributed by atoms with Crippen molar-refractivity contribution in [2.75, 3.05) is 26.6 Å². The number of aryl methyl sites for hydroxylation is 1. The number of nitrogens with one attached hydrogen (secondary N) is 1. The molecular weight excluding hydrogens is 448 g/mol. The van der Waals surface area contributed by atoms with Gasteiger partial charge in [-0.15, -0.1) is 5.10 Å². The summed E-state index contributed by atoms with van der Waals surface area (Å²) in [7, 11) is 4.68. The molecule has 0 saturated carbocycles. The van der Waals surface area contributed by atoms with E-state index < -0.39 is 0 Å². The van der Waals surface area contributed by atoms with Crippen LogP contribution in [0.5, 0.6) is 17.2 Å². The van der Waals surface area contributed by atoms with E-state index in [1.807, 2.05) is 49.4 Å². The van der Waals surface area contributed by atoms with Crippen molar-refractivity contribution in [3.63, 3.8) is 0 Å². The van der Waals surface area contributed by atoms with Crippen LogP contribution in [0.25, 0.3) is 17.2 Å². The summed E-state index contributed by atoms with van der Waals surface area (Å²) in [6, 6.07) is 13.4. The minimum absolute atomic E-state index is 0.149. The standard InChI is InChI=1S/C25H24N6O4/c1-14-22-17(16-10-19(33-2)23(35-4)20(11-16)34-3)12-21(32)28-24(22)31(30-14)25-27-18(13-26-29-25)15-8-6-5-7-9-15/h5-11,13,17H,12H2,1-4H3,(H,28,32)/t17-/m0/s1. The van der Waals surface area contributed by atoms with E-state index in [1.165, 1.54) is 4.68 Å². The molecule has 0 saturated heterocycles. The highest BCUT2D eigenvalue weighted by atomic mass is 16.5. The van der Waals surface area contributed by atoms with Crippen molar-refractivity contribution in [1.29, 1.82) is 0 Å². The lowest BCUT2D eigenvalue weighted by Gasteiger charge is -2.25. The zero-order valence-electron chi connectivity index (χ0n) is 19.8. The largest absolute Gasteiger partial charge is 0.493 e. The van der Waals surface area contributed by atoms with E-state index in [4.69, 9.17) is 14.2 Å². The van der Waals surface area contributed by atoms with Crippen LogP contribution in [0.2, 0.25) is 0 Å². The van der Waals surface area contributed by atoms with Gasteiger partial charge in [0.05, 0.1) is 38.9 Å². The Labute approximate surface area is 201 Å². The Hall–Kier alpha value is -4.47. The van der Waals surface area contributed by atoms with Gasteiger partial charge < -0.3 is 19.5 Å². The third kappa shape index (κ3) is 3.92. The molecule has 35 heavy (non-hydrogen) atoms. The van der Waals surface area contributed by atoms with Crippen LogP contribution in [0.1, 0.15) is 29.2 Å².